The number of alkyl halides is 3. The lowest BCUT2D eigenvalue weighted by atomic mass is 9.98. The molecule has 2 nitrogen and oxygen atoms in total. The Kier molecular flexibility index (Phi) is 3.93. The van der Waals surface area contributed by atoms with Crippen LogP contribution in [-0.2, 0) is 6.18 Å². The Hall–Kier alpha value is -1.36. The largest absolute Gasteiger partial charge is 0.416 e. The summed E-state index contributed by atoms with van der Waals surface area (Å²) in [7, 11) is 0. The highest BCUT2D eigenvalue weighted by Gasteiger charge is 2.31. The first-order valence-electron chi connectivity index (χ1n) is 5.17. The third-order valence-corrected chi connectivity index (χ3v) is 2.51. The predicted molar refractivity (Wildman–Crippen MR) is 56.8 cm³/mol. The van der Waals surface area contributed by atoms with Crippen molar-refractivity contribution in [3.05, 3.63) is 34.9 Å². The van der Waals surface area contributed by atoms with Crippen LogP contribution in [0.25, 0.3) is 0 Å². The van der Waals surface area contributed by atoms with Crippen LogP contribution in [0.5, 0.6) is 0 Å². The van der Waals surface area contributed by atoms with E-state index in [1.807, 2.05) is 0 Å². The second-order valence-corrected chi connectivity index (χ2v) is 3.82. The second kappa shape index (κ2) is 4.87. The fourth-order valence-corrected chi connectivity index (χ4v) is 1.48. The van der Waals surface area contributed by atoms with Crippen molar-refractivity contribution >= 4 is 5.78 Å². The third kappa shape index (κ3) is 3.06. The zero-order valence-electron chi connectivity index (χ0n) is 9.51. The number of ketones is 1. The summed E-state index contributed by atoms with van der Waals surface area (Å²) in [6.07, 6.45) is -5.35. The number of hydrogen-bond acceptors (Lipinski definition) is 2. The number of halogens is 3. The molecule has 1 unspecified atom stereocenters. The van der Waals surface area contributed by atoms with Crippen LogP contribution in [0.15, 0.2) is 18.2 Å². The van der Waals surface area contributed by atoms with Crippen LogP contribution < -0.4 is 0 Å². The van der Waals surface area contributed by atoms with E-state index in [9.17, 15) is 23.1 Å². The average Bonchev–Trinajstić information content (AvgIpc) is 2.25. The fraction of sp³-hybridized carbons (Fsp3) is 0.417. The Bertz CT molecular complexity index is 424. The van der Waals surface area contributed by atoms with Crippen LogP contribution in [0.4, 0.5) is 13.2 Å². The van der Waals surface area contributed by atoms with Crippen molar-refractivity contribution in [1.82, 2.24) is 0 Å². The molecule has 0 aliphatic carbocycles. The van der Waals surface area contributed by atoms with E-state index < -0.39 is 23.6 Å². The maximum Gasteiger partial charge on any atom is 0.416 e. The van der Waals surface area contributed by atoms with Gasteiger partial charge in [-0.25, -0.2) is 0 Å². The van der Waals surface area contributed by atoms with Crippen molar-refractivity contribution in [3.8, 4) is 0 Å². The quantitative estimate of drug-likeness (QED) is 0.832. The number of rotatable bonds is 3. The molecule has 5 heteroatoms. The average molecular weight is 246 g/mol. The fourth-order valence-electron chi connectivity index (χ4n) is 1.48. The molecule has 0 saturated heterocycles. The van der Waals surface area contributed by atoms with Gasteiger partial charge in [-0.2, -0.15) is 13.2 Å². The van der Waals surface area contributed by atoms with Crippen LogP contribution in [0.2, 0.25) is 0 Å². The maximum atomic E-state index is 12.4. The molecular formula is C12H13F3O2. The molecule has 17 heavy (non-hydrogen) atoms. The van der Waals surface area contributed by atoms with Crippen molar-refractivity contribution < 1.29 is 23.1 Å². The molecule has 1 aromatic rings. The summed E-state index contributed by atoms with van der Waals surface area (Å²) >= 11 is 0. The van der Waals surface area contributed by atoms with Crippen LogP contribution in [0, 0.1) is 6.92 Å². The summed E-state index contributed by atoms with van der Waals surface area (Å²) in [6.45, 7) is 3.05. The molecule has 1 rings (SSSR count). The number of carbonyl (C=O) groups excluding carboxylic acids is 1. The molecule has 0 bridgehead atoms. The SMILES string of the molecule is CCC(O)C(=O)c1ccc(C(F)(F)F)cc1C. The lowest BCUT2D eigenvalue weighted by Gasteiger charge is -2.12. The van der Waals surface area contributed by atoms with Crippen molar-refractivity contribution in [2.24, 2.45) is 0 Å². The van der Waals surface area contributed by atoms with Gasteiger partial charge in [0.15, 0.2) is 5.78 Å². The Morgan fingerprint density at radius 2 is 2.00 bits per heavy atom. The summed E-state index contributed by atoms with van der Waals surface area (Å²) in [5, 5.41) is 9.36. The number of carbonyl (C=O) groups is 1. The molecule has 0 aromatic heterocycles. The lowest BCUT2D eigenvalue weighted by molar-refractivity contribution is -0.137. The number of aliphatic hydroxyl groups is 1. The zero-order chi connectivity index (χ0) is 13.2. The molecule has 0 saturated carbocycles. The monoisotopic (exact) mass is 246 g/mol. The highest BCUT2D eigenvalue weighted by molar-refractivity contribution is 6.00. The van der Waals surface area contributed by atoms with E-state index in [4.69, 9.17) is 0 Å². The lowest BCUT2D eigenvalue weighted by Crippen LogP contribution is -2.20. The highest BCUT2D eigenvalue weighted by atomic mass is 19.4. The number of benzene rings is 1. The van der Waals surface area contributed by atoms with E-state index in [0.29, 0.717) is 0 Å². The highest BCUT2D eigenvalue weighted by Crippen LogP contribution is 2.30. The standard InChI is InChI=1S/C12H13F3O2/c1-3-10(16)11(17)9-5-4-8(6-7(9)2)12(13,14)15/h4-6,10,16H,3H2,1-2H3. The minimum absolute atomic E-state index is 0.132. The van der Waals surface area contributed by atoms with Crippen LogP contribution in [0.3, 0.4) is 0 Å². The van der Waals surface area contributed by atoms with Crippen LogP contribution >= 0.6 is 0 Å². The maximum absolute atomic E-state index is 12.4. The third-order valence-electron chi connectivity index (χ3n) is 2.51. The first kappa shape index (κ1) is 13.7. The van der Waals surface area contributed by atoms with Crippen LogP contribution in [0.1, 0.15) is 34.8 Å². The Labute approximate surface area is 97.1 Å². The van der Waals surface area contributed by atoms with Crippen molar-refractivity contribution in [2.45, 2.75) is 32.5 Å². The molecule has 0 spiro atoms. The Morgan fingerprint density at radius 1 is 1.41 bits per heavy atom. The summed E-state index contributed by atoms with van der Waals surface area (Å²) in [5.74, 6) is -0.543. The molecule has 0 fully saturated rings. The molecule has 94 valence electrons. The van der Waals surface area contributed by atoms with Gasteiger partial charge in [0.25, 0.3) is 0 Å². The van der Waals surface area contributed by atoms with Crippen molar-refractivity contribution in [2.75, 3.05) is 0 Å². The van der Waals surface area contributed by atoms with E-state index in [1.165, 1.54) is 6.92 Å². The van der Waals surface area contributed by atoms with E-state index in [0.717, 1.165) is 18.2 Å². The molecule has 1 atom stereocenters. The van der Waals surface area contributed by atoms with Crippen molar-refractivity contribution in [1.29, 1.82) is 0 Å². The van der Waals surface area contributed by atoms with Crippen molar-refractivity contribution in [3.63, 3.8) is 0 Å². The summed E-state index contributed by atoms with van der Waals surface area (Å²) in [6, 6.07) is 2.87. The molecule has 0 amide bonds. The van der Waals surface area contributed by atoms with Gasteiger partial charge in [-0.05, 0) is 31.0 Å². The number of hydrogen-bond donors (Lipinski definition) is 1. The van der Waals surface area contributed by atoms with E-state index in [-0.39, 0.29) is 17.5 Å². The van der Waals surface area contributed by atoms with Gasteiger partial charge in [0, 0.05) is 5.56 Å². The first-order valence-corrected chi connectivity index (χ1v) is 5.17. The van der Waals surface area contributed by atoms with E-state index >= 15 is 0 Å². The van der Waals surface area contributed by atoms with Gasteiger partial charge >= 0.3 is 6.18 Å². The molecule has 0 aliphatic heterocycles. The minimum atomic E-state index is -4.42. The molecule has 1 N–H and O–H groups in total. The van der Waals surface area contributed by atoms with E-state index in [1.54, 1.807) is 6.92 Å². The van der Waals surface area contributed by atoms with Gasteiger partial charge in [0.2, 0.25) is 0 Å². The van der Waals surface area contributed by atoms with Gasteiger partial charge in [0.1, 0.15) is 6.10 Å². The number of aryl methyl sites for hydroxylation is 1. The van der Waals surface area contributed by atoms with Gasteiger partial charge in [-0.3, -0.25) is 4.79 Å². The van der Waals surface area contributed by atoms with Gasteiger partial charge in [0.05, 0.1) is 5.56 Å². The summed E-state index contributed by atoms with van der Waals surface area (Å²) in [4.78, 5) is 11.6. The second-order valence-electron chi connectivity index (χ2n) is 3.82. The molecular weight excluding hydrogens is 233 g/mol. The Morgan fingerprint density at radius 3 is 2.41 bits per heavy atom. The smallest absolute Gasteiger partial charge is 0.385 e. The van der Waals surface area contributed by atoms with Gasteiger partial charge in [-0.15, -0.1) is 0 Å². The number of aliphatic hydroxyl groups excluding tert-OH is 1. The predicted octanol–water partition coefficient (Wildman–Crippen LogP) is 2.97. The summed E-state index contributed by atoms with van der Waals surface area (Å²) in [5.41, 5.74) is -0.442. The normalized spacial score (nSPS) is 13.5. The summed E-state index contributed by atoms with van der Waals surface area (Å²) < 4.78 is 37.2. The Balaban J connectivity index is 3.11. The zero-order valence-corrected chi connectivity index (χ0v) is 9.51. The van der Waals surface area contributed by atoms with Gasteiger partial charge < -0.3 is 5.11 Å². The molecule has 0 heterocycles. The molecule has 0 radical (unpaired) electrons. The van der Waals surface area contributed by atoms with Gasteiger partial charge in [-0.1, -0.05) is 13.0 Å². The van der Waals surface area contributed by atoms with E-state index in [2.05, 4.69) is 0 Å². The van der Waals surface area contributed by atoms with Crippen LogP contribution in [-0.4, -0.2) is 17.0 Å². The molecule has 1 aromatic carbocycles. The number of Topliss-reactive ketones (excluding diaryl/α,β-unsaturated/α-hetero) is 1. The minimum Gasteiger partial charge on any atom is -0.385 e. The first-order chi connectivity index (χ1) is 7.77. The topological polar surface area (TPSA) is 37.3 Å². The molecule has 0 aliphatic rings.